The van der Waals surface area contributed by atoms with Crippen LogP contribution in [0.15, 0.2) is 97.1 Å². The molecule has 0 saturated carbocycles. The molecular weight excluding hydrogens is 415 g/mol. The number of hydrogen-bond acceptors (Lipinski definition) is 0. The van der Waals surface area contributed by atoms with Gasteiger partial charge in [-0.05, 0) is 0 Å². The first-order chi connectivity index (χ1) is 14.8. The summed E-state index contributed by atoms with van der Waals surface area (Å²) in [7, 11) is 0. The summed E-state index contributed by atoms with van der Waals surface area (Å²) in [5.74, 6) is -3.30. The molecule has 0 aliphatic heterocycles. The van der Waals surface area contributed by atoms with Crippen molar-refractivity contribution < 1.29 is 0 Å². The maximum atomic E-state index is 8.24. The average Bonchev–Trinajstić information content (AvgIpc) is 2.77. The molecule has 4 rings (SSSR count). The van der Waals surface area contributed by atoms with Crippen molar-refractivity contribution in [2.45, 2.75) is 33.9 Å². The number of halogens is 1. The van der Waals surface area contributed by atoms with Gasteiger partial charge in [-0.3, -0.25) is 0 Å². The van der Waals surface area contributed by atoms with E-state index in [0.717, 1.165) is 6.16 Å². The van der Waals surface area contributed by atoms with Gasteiger partial charge in [0.05, 0.1) is 0 Å². The van der Waals surface area contributed by atoms with E-state index in [0.29, 0.717) is 0 Å². The third kappa shape index (κ3) is 3.96. The molecular formula is C29H30ClP. The molecule has 0 fully saturated rings. The average molecular weight is 445 g/mol. The fourth-order valence-corrected chi connectivity index (χ4v) is 10.4. The molecule has 0 N–H and O–H groups in total. The summed E-state index contributed by atoms with van der Waals surface area (Å²) in [6, 6.07) is 35.4. The summed E-state index contributed by atoms with van der Waals surface area (Å²) in [4.78, 5) is 0. The molecule has 0 spiro atoms. The number of hydrogen-bond donors (Lipinski definition) is 0. The van der Waals surface area contributed by atoms with E-state index in [4.69, 9.17) is 11.2 Å². The summed E-state index contributed by atoms with van der Waals surface area (Å²) >= 11 is 8.24. The molecule has 0 atom stereocenters. The number of benzene rings is 4. The molecule has 0 radical (unpaired) electrons. The first kappa shape index (κ1) is 21.8. The van der Waals surface area contributed by atoms with Gasteiger partial charge in [0, 0.05) is 0 Å². The van der Waals surface area contributed by atoms with Crippen LogP contribution < -0.4 is 15.9 Å². The monoisotopic (exact) mass is 444 g/mol. The van der Waals surface area contributed by atoms with Crippen LogP contribution in [0.5, 0.6) is 0 Å². The van der Waals surface area contributed by atoms with Gasteiger partial charge < -0.3 is 0 Å². The zero-order chi connectivity index (χ0) is 22.1. The van der Waals surface area contributed by atoms with Gasteiger partial charge in [-0.2, -0.15) is 0 Å². The third-order valence-corrected chi connectivity index (χ3v) is 13.5. The van der Waals surface area contributed by atoms with Crippen LogP contribution in [0.25, 0.3) is 0 Å². The summed E-state index contributed by atoms with van der Waals surface area (Å²) in [6.45, 7) is 8.52. The van der Waals surface area contributed by atoms with Crippen molar-refractivity contribution in [1.29, 1.82) is 0 Å². The van der Waals surface area contributed by atoms with Crippen LogP contribution in [0, 0.1) is 27.7 Å². The molecule has 2 heteroatoms. The van der Waals surface area contributed by atoms with E-state index < -0.39 is 5.96 Å². The van der Waals surface area contributed by atoms with E-state index >= 15 is 0 Å². The Labute approximate surface area is 191 Å². The number of aryl methyl sites for hydroxylation is 4. The van der Waals surface area contributed by atoms with Gasteiger partial charge in [0.15, 0.2) is 0 Å². The van der Waals surface area contributed by atoms with Gasteiger partial charge in [-0.15, -0.1) is 0 Å². The van der Waals surface area contributed by atoms with Gasteiger partial charge in [0.25, 0.3) is 0 Å². The molecule has 0 unspecified atom stereocenters. The Hall–Kier alpha value is -2.40. The topological polar surface area (TPSA) is 0 Å². The molecule has 0 bridgehead atoms. The molecule has 0 aliphatic rings. The molecule has 158 valence electrons. The molecule has 0 heterocycles. The molecule has 4 aromatic carbocycles. The standard InChI is InChI=1S/C29H30ClP/c1-22-5-13-26(14-6-22)21-31(30,27-15-7-23(2)8-16-27,28-17-9-24(3)10-18-28)29-19-11-25(4)12-20-29/h5-20H,21H2,1-4H3. The Morgan fingerprint density at radius 2 is 0.710 bits per heavy atom. The summed E-state index contributed by atoms with van der Waals surface area (Å²) < 4.78 is 0. The SMILES string of the molecule is Cc1ccc(CP(Cl)(c2ccc(C)cc2)(c2ccc(C)cc2)c2ccc(C)cc2)cc1. The predicted octanol–water partition coefficient (Wildman–Crippen LogP) is 7.10. The Balaban J connectivity index is 2.09. The fourth-order valence-electron chi connectivity index (χ4n) is 4.32. The second-order valence-electron chi connectivity index (χ2n) is 8.83. The first-order valence-electron chi connectivity index (χ1n) is 10.8. The molecule has 0 nitrogen and oxygen atoms in total. The molecule has 4 aromatic rings. The van der Waals surface area contributed by atoms with Crippen LogP contribution in [0.2, 0.25) is 0 Å². The van der Waals surface area contributed by atoms with Crippen LogP contribution in [-0.2, 0) is 6.16 Å². The van der Waals surface area contributed by atoms with E-state index in [1.165, 1.54) is 43.7 Å². The van der Waals surface area contributed by atoms with Crippen LogP contribution in [0.3, 0.4) is 0 Å². The molecule has 31 heavy (non-hydrogen) atoms. The second-order valence-corrected chi connectivity index (χ2v) is 15.3. The van der Waals surface area contributed by atoms with Crippen molar-refractivity contribution in [3.63, 3.8) is 0 Å². The van der Waals surface area contributed by atoms with Crippen molar-refractivity contribution in [1.82, 2.24) is 0 Å². The van der Waals surface area contributed by atoms with Crippen LogP contribution >= 0.6 is 17.2 Å². The van der Waals surface area contributed by atoms with Gasteiger partial charge >= 0.3 is 192 Å². The first-order valence-corrected chi connectivity index (χ1v) is 14.1. The third-order valence-electron chi connectivity index (χ3n) is 6.32. The van der Waals surface area contributed by atoms with E-state index in [9.17, 15) is 0 Å². The van der Waals surface area contributed by atoms with Gasteiger partial charge in [0.2, 0.25) is 0 Å². The summed E-state index contributed by atoms with van der Waals surface area (Å²) in [5.41, 5.74) is 6.26. The van der Waals surface area contributed by atoms with Gasteiger partial charge in [0.1, 0.15) is 0 Å². The van der Waals surface area contributed by atoms with Crippen LogP contribution in [0.4, 0.5) is 0 Å². The fraction of sp³-hybridized carbons (Fsp3) is 0.172. The minimum atomic E-state index is -3.30. The number of rotatable bonds is 5. The van der Waals surface area contributed by atoms with Crippen LogP contribution in [-0.4, -0.2) is 0 Å². The molecule has 0 amide bonds. The zero-order valence-corrected chi connectivity index (χ0v) is 20.4. The minimum absolute atomic E-state index is 0.780. The van der Waals surface area contributed by atoms with Gasteiger partial charge in [-0.25, -0.2) is 0 Å². The molecule has 0 aromatic heterocycles. The molecule has 0 saturated heterocycles. The Bertz CT molecular complexity index is 1060. The predicted molar refractivity (Wildman–Crippen MR) is 140 cm³/mol. The Morgan fingerprint density at radius 1 is 0.452 bits per heavy atom. The van der Waals surface area contributed by atoms with E-state index in [1.807, 2.05) is 0 Å². The quantitative estimate of drug-likeness (QED) is 0.288. The van der Waals surface area contributed by atoms with Crippen molar-refractivity contribution in [3.05, 3.63) is 125 Å². The summed E-state index contributed by atoms with van der Waals surface area (Å²) in [6.07, 6.45) is 0.780. The van der Waals surface area contributed by atoms with E-state index in [-0.39, 0.29) is 0 Å². The van der Waals surface area contributed by atoms with Crippen molar-refractivity contribution in [3.8, 4) is 0 Å². The van der Waals surface area contributed by atoms with Crippen molar-refractivity contribution >= 4 is 33.1 Å². The van der Waals surface area contributed by atoms with E-state index in [2.05, 4.69) is 125 Å². The Kier molecular flexibility index (Phi) is 5.82. The maximum absolute atomic E-state index is 8.24. The molecule has 0 aliphatic carbocycles. The van der Waals surface area contributed by atoms with Crippen molar-refractivity contribution in [2.75, 3.05) is 0 Å². The van der Waals surface area contributed by atoms with Crippen LogP contribution in [0.1, 0.15) is 27.8 Å². The van der Waals surface area contributed by atoms with Gasteiger partial charge in [-0.1, -0.05) is 0 Å². The normalized spacial score (nSPS) is 12.9. The Morgan fingerprint density at radius 3 is 1.00 bits per heavy atom. The van der Waals surface area contributed by atoms with E-state index in [1.54, 1.807) is 0 Å². The summed E-state index contributed by atoms with van der Waals surface area (Å²) in [5, 5.41) is 3.64. The second kappa shape index (κ2) is 8.27. The van der Waals surface area contributed by atoms with Crippen molar-refractivity contribution in [2.24, 2.45) is 0 Å². The zero-order valence-electron chi connectivity index (χ0n) is 18.8.